The Kier molecular flexibility index (Phi) is 5.55. The van der Waals surface area contributed by atoms with E-state index in [0.29, 0.717) is 13.1 Å². The van der Waals surface area contributed by atoms with Crippen LogP contribution in [0.15, 0.2) is 47.1 Å². The van der Waals surface area contributed by atoms with Gasteiger partial charge in [0.15, 0.2) is 5.13 Å². The summed E-state index contributed by atoms with van der Waals surface area (Å²) in [5.74, 6) is -2.06. The van der Waals surface area contributed by atoms with Gasteiger partial charge in [0.2, 0.25) is 5.82 Å². The molecule has 0 saturated heterocycles. The van der Waals surface area contributed by atoms with E-state index in [0.717, 1.165) is 15.5 Å². The third-order valence-electron chi connectivity index (χ3n) is 4.27. The van der Waals surface area contributed by atoms with E-state index in [1.54, 1.807) is 12.3 Å². The van der Waals surface area contributed by atoms with E-state index in [9.17, 15) is 18.0 Å². The molecule has 4 aromatic rings. The molecule has 0 aliphatic carbocycles. The smallest absolute Gasteiger partial charge is 0.350 e. The molecule has 1 amide bonds. The molecule has 12 heteroatoms. The summed E-state index contributed by atoms with van der Waals surface area (Å²) < 4.78 is 42.2. The van der Waals surface area contributed by atoms with E-state index in [2.05, 4.69) is 29.9 Å². The zero-order valence-electron chi connectivity index (χ0n) is 16.1. The summed E-state index contributed by atoms with van der Waals surface area (Å²) in [5, 5.41) is 6.89. The molecular formula is C19H15F3N6O2S. The van der Waals surface area contributed by atoms with Crippen LogP contribution in [0, 0.1) is 0 Å². The number of nitrogens with one attached hydrogen (secondary N) is 1. The predicted molar refractivity (Wildman–Crippen MR) is 108 cm³/mol. The number of amides is 1. The lowest BCUT2D eigenvalue weighted by atomic mass is 10.1. The van der Waals surface area contributed by atoms with Gasteiger partial charge in [0, 0.05) is 37.5 Å². The van der Waals surface area contributed by atoms with Gasteiger partial charge in [0.25, 0.3) is 5.91 Å². The highest BCUT2D eigenvalue weighted by Gasteiger charge is 2.38. The van der Waals surface area contributed by atoms with E-state index >= 15 is 0 Å². The van der Waals surface area contributed by atoms with Crippen molar-refractivity contribution in [3.63, 3.8) is 0 Å². The van der Waals surface area contributed by atoms with Crippen molar-refractivity contribution in [1.82, 2.24) is 25.4 Å². The van der Waals surface area contributed by atoms with Crippen LogP contribution in [0.1, 0.15) is 16.2 Å². The summed E-state index contributed by atoms with van der Waals surface area (Å²) in [7, 11) is 1.86. The number of carbonyl (C=O) groups excluding carboxylic acids is 1. The first-order chi connectivity index (χ1) is 14.8. The fourth-order valence-corrected chi connectivity index (χ4v) is 3.61. The number of alkyl halides is 3. The maximum Gasteiger partial charge on any atom is 0.471 e. The van der Waals surface area contributed by atoms with Gasteiger partial charge in [-0.15, -0.1) is 0 Å². The van der Waals surface area contributed by atoms with Crippen molar-refractivity contribution in [2.24, 2.45) is 0 Å². The lowest BCUT2D eigenvalue weighted by Crippen LogP contribution is -2.32. The van der Waals surface area contributed by atoms with Crippen LogP contribution in [0.3, 0.4) is 0 Å². The Bertz CT molecular complexity index is 1190. The van der Waals surface area contributed by atoms with Crippen molar-refractivity contribution in [3.8, 4) is 11.4 Å². The summed E-state index contributed by atoms with van der Waals surface area (Å²) >= 11 is 1.45. The minimum absolute atomic E-state index is 0.242. The molecule has 0 bridgehead atoms. The van der Waals surface area contributed by atoms with Crippen molar-refractivity contribution >= 4 is 32.7 Å². The normalized spacial score (nSPS) is 11.6. The molecule has 0 fully saturated rings. The number of carbonyl (C=O) groups is 1. The minimum atomic E-state index is -4.73. The van der Waals surface area contributed by atoms with Gasteiger partial charge in [0.1, 0.15) is 10.3 Å². The van der Waals surface area contributed by atoms with Gasteiger partial charge in [-0.05, 0) is 24.3 Å². The first-order valence-electron chi connectivity index (χ1n) is 9.03. The molecule has 0 unspecified atom stereocenters. The quantitative estimate of drug-likeness (QED) is 0.481. The highest BCUT2D eigenvalue weighted by molar-refractivity contribution is 7.21. The van der Waals surface area contributed by atoms with Gasteiger partial charge >= 0.3 is 12.1 Å². The monoisotopic (exact) mass is 448 g/mol. The molecule has 0 spiro atoms. The number of fused-ring (bicyclic) bond motifs is 1. The van der Waals surface area contributed by atoms with E-state index in [-0.39, 0.29) is 22.9 Å². The largest absolute Gasteiger partial charge is 0.471 e. The molecular weight excluding hydrogens is 433 g/mol. The SMILES string of the molecule is CN(CCNC(=O)c1cccc(-c2noc(C(F)(F)F)n2)c1)c1nc2cccnc2s1. The number of nitrogens with zero attached hydrogens (tertiary/aromatic N) is 5. The lowest BCUT2D eigenvalue weighted by molar-refractivity contribution is -0.159. The van der Waals surface area contributed by atoms with Crippen LogP contribution in [0.2, 0.25) is 0 Å². The number of likely N-dealkylation sites (N-methyl/N-ethyl adjacent to an activating group) is 1. The fraction of sp³-hybridized carbons (Fsp3) is 0.211. The van der Waals surface area contributed by atoms with Gasteiger partial charge in [0.05, 0.1) is 0 Å². The van der Waals surface area contributed by atoms with Gasteiger partial charge in [-0.2, -0.15) is 18.2 Å². The van der Waals surface area contributed by atoms with Crippen molar-refractivity contribution in [3.05, 3.63) is 54.0 Å². The van der Waals surface area contributed by atoms with Gasteiger partial charge < -0.3 is 14.7 Å². The van der Waals surface area contributed by atoms with Gasteiger partial charge in [-0.25, -0.2) is 9.97 Å². The number of hydrogen-bond acceptors (Lipinski definition) is 8. The predicted octanol–water partition coefficient (Wildman–Crippen LogP) is 3.63. The van der Waals surface area contributed by atoms with Gasteiger partial charge in [-0.3, -0.25) is 4.79 Å². The molecule has 4 rings (SSSR count). The molecule has 31 heavy (non-hydrogen) atoms. The van der Waals surface area contributed by atoms with Crippen LogP contribution in [-0.2, 0) is 6.18 Å². The van der Waals surface area contributed by atoms with Crippen LogP contribution >= 0.6 is 11.3 Å². The molecule has 0 aliphatic rings. The Morgan fingerprint density at radius 2 is 2.06 bits per heavy atom. The molecule has 0 saturated carbocycles. The molecule has 0 aliphatic heterocycles. The molecule has 3 aromatic heterocycles. The van der Waals surface area contributed by atoms with Crippen LogP contribution in [0.5, 0.6) is 0 Å². The Labute approximate surface area is 177 Å². The molecule has 1 N–H and O–H groups in total. The summed E-state index contributed by atoms with van der Waals surface area (Å²) in [5.41, 5.74) is 1.32. The molecule has 1 aromatic carbocycles. The van der Waals surface area contributed by atoms with Crippen LogP contribution in [-0.4, -0.2) is 46.2 Å². The third-order valence-corrected chi connectivity index (χ3v) is 5.36. The fourth-order valence-electron chi connectivity index (χ4n) is 2.71. The standard InChI is InChI=1S/C19H15F3N6O2S/c1-28(18-25-13-6-3-7-24-16(13)31-18)9-8-23-15(29)12-5-2-4-11(10-12)14-26-17(30-27-14)19(20,21)22/h2-7,10H,8-9H2,1H3,(H,23,29). The Balaban J connectivity index is 1.37. The summed E-state index contributed by atoms with van der Waals surface area (Å²) in [6.45, 7) is 0.842. The Morgan fingerprint density at radius 3 is 2.81 bits per heavy atom. The van der Waals surface area contributed by atoms with Crippen molar-refractivity contribution in [2.75, 3.05) is 25.0 Å². The zero-order chi connectivity index (χ0) is 22.0. The maximum atomic E-state index is 12.6. The van der Waals surface area contributed by atoms with E-state index in [1.807, 2.05) is 24.1 Å². The number of halogens is 3. The second-order valence-electron chi connectivity index (χ2n) is 6.50. The number of benzene rings is 1. The average Bonchev–Trinajstić information content (AvgIpc) is 3.41. The number of anilines is 1. The van der Waals surface area contributed by atoms with E-state index in [1.165, 1.54) is 29.5 Å². The molecule has 160 valence electrons. The van der Waals surface area contributed by atoms with Crippen molar-refractivity contribution < 1.29 is 22.5 Å². The molecule has 0 radical (unpaired) electrons. The topological polar surface area (TPSA) is 97.0 Å². The molecule has 0 atom stereocenters. The first-order valence-corrected chi connectivity index (χ1v) is 9.85. The van der Waals surface area contributed by atoms with Crippen molar-refractivity contribution in [2.45, 2.75) is 6.18 Å². The summed E-state index contributed by atoms with van der Waals surface area (Å²) in [4.78, 5) is 27.3. The highest BCUT2D eigenvalue weighted by Crippen LogP contribution is 2.29. The third kappa shape index (κ3) is 4.63. The number of hydrogen-bond donors (Lipinski definition) is 1. The lowest BCUT2D eigenvalue weighted by Gasteiger charge is -2.15. The van der Waals surface area contributed by atoms with Crippen LogP contribution in [0.4, 0.5) is 18.3 Å². The zero-order valence-corrected chi connectivity index (χ0v) is 16.9. The number of pyridine rings is 1. The summed E-state index contributed by atoms with van der Waals surface area (Å²) in [6, 6.07) is 9.69. The maximum absolute atomic E-state index is 12.6. The number of aromatic nitrogens is 4. The average molecular weight is 448 g/mol. The minimum Gasteiger partial charge on any atom is -0.350 e. The number of thiazole rings is 1. The Hall–Kier alpha value is -3.54. The van der Waals surface area contributed by atoms with E-state index in [4.69, 9.17) is 0 Å². The second kappa shape index (κ2) is 8.30. The van der Waals surface area contributed by atoms with Crippen LogP contribution in [0.25, 0.3) is 21.7 Å². The first kappa shape index (κ1) is 20.7. The van der Waals surface area contributed by atoms with Crippen molar-refractivity contribution in [1.29, 1.82) is 0 Å². The Morgan fingerprint density at radius 1 is 1.23 bits per heavy atom. The molecule has 3 heterocycles. The second-order valence-corrected chi connectivity index (χ2v) is 7.46. The highest BCUT2D eigenvalue weighted by atomic mass is 32.1. The molecule has 8 nitrogen and oxygen atoms in total. The van der Waals surface area contributed by atoms with Crippen LogP contribution < -0.4 is 10.2 Å². The summed E-state index contributed by atoms with van der Waals surface area (Å²) in [6.07, 6.45) is -3.03. The van der Waals surface area contributed by atoms with E-state index < -0.39 is 12.1 Å². The van der Waals surface area contributed by atoms with Gasteiger partial charge in [-0.1, -0.05) is 28.6 Å². The number of rotatable bonds is 6.